The molecular weight excluding hydrogens is 410 g/mol. The quantitative estimate of drug-likeness (QED) is 0.146. The van der Waals surface area contributed by atoms with Crippen LogP contribution in [0.1, 0.15) is 69.6 Å². The molecule has 178 valence electrons. The van der Waals surface area contributed by atoms with Gasteiger partial charge in [0.2, 0.25) is 7.98 Å². The molecule has 0 spiro atoms. The van der Waals surface area contributed by atoms with Crippen LogP contribution in [-0.4, -0.2) is 81.4 Å². The molecule has 1 rings (SSSR count). The van der Waals surface area contributed by atoms with Crippen LogP contribution in [0.5, 0.6) is 0 Å². The number of rotatable bonds is 13. The second-order valence-corrected chi connectivity index (χ2v) is 9.56. The van der Waals surface area contributed by atoms with Crippen LogP contribution in [0.25, 0.3) is 4.85 Å². The minimum Gasteiger partial charge on any atom is -0.394 e. The lowest BCUT2D eigenvalue weighted by Gasteiger charge is -2.39. The third kappa shape index (κ3) is 11.7. The zero-order chi connectivity index (χ0) is 25.8. The molecule has 1 N–H and O–H groups in total. The molecule has 8 heteroatoms. The van der Waals surface area contributed by atoms with Crippen molar-refractivity contribution in [2.45, 2.75) is 105 Å². The molecule has 0 saturated carbocycles. The van der Waals surface area contributed by atoms with Crippen LogP contribution in [0.3, 0.4) is 0 Å². The van der Waals surface area contributed by atoms with Gasteiger partial charge in [0.1, 0.15) is 41.1 Å². The van der Waals surface area contributed by atoms with Crippen molar-refractivity contribution in [2.24, 2.45) is 0 Å². The fourth-order valence-corrected chi connectivity index (χ4v) is 5.53. The first-order valence-electron chi connectivity index (χ1n) is 12.3. The van der Waals surface area contributed by atoms with Gasteiger partial charge in [0.05, 0.1) is 6.61 Å². The van der Waals surface area contributed by atoms with E-state index in [2.05, 4.69) is 62.1 Å². The van der Waals surface area contributed by atoms with E-state index in [1.807, 2.05) is 0 Å². The summed E-state index contributed by atoms with van der Waals surface area (Å²) in [5.74, 6) is 2.44. The molecule has 1 heterocycles. The fraction of sp³-hybridized carbons (Fsp3) is 0.870. The Kier molecular flexibility index (Phi) is 17.3. The highest BCUT2D eigenvalue weighted by molar-refractivity contribution is 7.50. The van der Waals surface area contributed by atoms with Crippen LogP contribution in [-0.2, 0) is 14.0 Å². The highest BCUT2D eigenvalue weighted by Crippen LogP contribution is 2.48. The van der Waals surface area contributed by atoms with Crippen LogP contribution in [0, 0.1) is 18.9 Å². The molecule has 0 aromatic heterocycles. The van der Waals surface area contributed by atoms with Gasteiger partial charge >= 0.3 is 0 Å². The van der Waals surface area contributed by atoms with E-state index < -0.39 is 32.6 Å². The minimum atomic E-state index is -1.02. The van der Waals surface area contributed by atoms with Gasteiger partial charge in [-0.2, -0.15) is 0 Å². The topological polar surface area (TPSA) is 55.5 Å². The monoisotopic (exact) mass is 457 g/mol. The van der Waals surface area contributed by atoms with Crippen molar-refractivity contribution in [3.63, 3.8) is 0 Å². The number of hydrogen-bond donors (Lipinski definition) is 1. The average molecular weight is 457 g/mol. The lowest BCUT2D eigenvalue weighted by molar-refractivity contribution is -0.00495. The summed E-state index contributed by atoms with van der Waals surface area (Å²) in [5, 5.41) is 4.54. The van der Waals surface area contributed by atoms with Crippen LogP contribution in [0.15, 0.2) is 0 Å². The first-order valence-corrected chi connectivity index (χ1v) is 12.3. The molecule has 0 aromatic carbocycles. The molecule has 0 aliphatic carbocycles. The normalized spacial score (nSPS) is 24.3. The zero-order valence-corrected chi connectivity index (χ0v) is 21.4. The number of aliphatic hydroxyl groups is 1. The first kappa shape index (κ1) is 28.4. The third-order valence-corrected chi connectivity index (χ3v) is 7.17. The standard InChI is InChI=1S/C18H30BN2O4P.C4H10.CH4/c1-7-10-23-17-16(15(12-22)24-18(17)19)25-26(11-8-9-20-6)21(13(2)3)14(4)5;1-3-4-2;/h1,13-18,22H,8-12H2,2-5H3;3-4H2,1-2H3;1H4/t15-,16?,17+,18-,26?;;/m1../s1/i22D;;1T. The molecule has 5 atom stereocenters. The second kappa shape index (κ2) is 18.9. The van der Waals surface area contributed by atoms with Gasteiger partial charge in [-0.25, -0.2) is 6.57 Å². The van der Waals surface area contributed by atoms with Gasteiger partial charge in [-0.15, -0.1) is 6.42 Å². The summed E-state index contributed by atoms with van der Waals surface area (Å²) >= 11 is 0. The maximum Gasteiger partial charge on any atom is 0.215 e. The fourth-order valence-electron chi connectivity index (χ4n) is 3.11. The number of ether oxygens (including phenoxy) is 2. The smallest absolute Gasteiger partial charge is 0.215 e. The Labute approximate surface area is 197 Å². The molecule has 31 heavy (non-hydrogen) atoms. The maximum atomic E-state index is 7.08. The number of unbranched alkanes of at least 4 members (excludes halogenated alkanes) is 1. The zero-order valence-electron chi connectivity index (χ0n) is 22.5. The van der Waals surface area contributed by atoms with E-state index in [4.69, 9.17) is 37.6 Å². The summed E-state index contributed by atoms with van der Waals surface area (Å²) in [6.45, 7) is 20.5. The van der Waals surface area contributed by atoms with Crippen LogP contribution in [0.2, 0.25) is 0 Å². The molecule has 6 nitrogen and oxygen atoms in total. The molecular formula is C23H44BN2O4P. The molecule has 2 radical (unpaired) electrons. The van der Waals surface area contributed by atoms with Crippen molar-refractivity contribution in [1.29, 1.82) is 1.43 Å². The van der Waals surface area contributed by atoms with Gasteiger partial charge in [-0.05, 0) is 27.7 Å². The lowest BCUT2D eigenvalue weighted by Crippen LogP contribution is -2.41. The van der Waals surface area contributed by atoms with Gasteiger partial charge in [0, 0.05) is 32.0 Å². The van der Waals surface area contributed by atoms with Crippen molar-refractivity contribution in [2.75, 3.05) is 25.9 Å². The number of terminal acetylenes is 1. The largest absolute Gasteiger partial charge is 0.394 e. The first-order chi connectivity index (χ1) is 15.8. The van der Waals surface area contributed by atoms with Crippen molar-refractivity contribution < 1.29 is 20.5 Å². The lowest BCUT2D eigenvalue weighted by atomic mass is 9.93. The van der Waals surface area contributed by atoms with Crippen LogP contribution >= 0.6 is 8.30 Å². The highest BCUT2D eigenvalue weighted by Gasteiger charge is 2.45. The van der Waals surface area contributed by atoms with Gasteiger partial charge < -0.3 is 24.0 Å². The van der Waals surface area contributed by atoms with Crippen LogP contribution < -0.4 is 0 Å². The Morgan fingerprint density at radius 2 is 1.97 bits per heavy atom. The molecule has 2 unspecified atom stereocenters. The number of aliphatic hydroxyl groups excluding tert-OH is 1. The van der Waals surface area contributed by atoms with E-state index in [-0.39, 0.29) is 25.3 Å². The van der Waals surface area contributed by atoms with Gasteiger partial charge in [-0.3, -0.25) is 4.67 Å². The summed E-state index contributed by atoms with van der Waals surface area (Å²) in [6, 6.07) is -0.151. The van der Waals surface area contributed by atoms with E-state index in [0.717, 1.165) is 12.6 Å². The summed E-state index contributed by atoms with van der Waals surface area (Å²) in [5.41, 5.74) is 0. The van der Waals surface area contributed by atoms with E-state index in [9.17, 15) is 0 Å². The SMILES string of the molecule is CCCC.[2H]OC[C@H]1O[C@@H]([B])[C@@H](OCC#C)C1OP(CCC[N+]#[C-])N(C(C)C)C(C)C.[3H]C. The number of nitrogens with zero attached hydrogens (tertiary/aromatic N) is 2. The predicted octanol–water partition coefficient (Wildman–Crippen LogP) is 4.46. The van der Waals surface area contributed by atoms with E-state index in [1.54, 1.807) is 0 Å². The highest BCUT2D eigenvalue weighted by atomic mass is 31.2. The summed E-state index contributed by atoms with van der Waals surface area (Å²) in [7, 11) is 6.30. The van der Waals surface area contributed by atoms with E-state index in [0.29, 0.717) is 6.54 Å². The summed E-state index contributed by atoms with van der Waals surface area (Å²) in [6.07, 6.45) is 7.94. The third-order valence-electron chi connectivity index (χ3n) is 4.55. The average Bonchev–Trinajstić information content (AvgIpc) is 3.07. The molecule has 1 saturated heterocycles. The Morgan fingerprint density at radius 1 is 1.35 bits per heavy atom. The Balaban J connectivity index is 0. The van der Waals surface area contributed by atoms with Crippen LogP contribution in [0.4, 0.5) is 0 Å². The Bertz CT molecular complexity index is 540. The summed E-state index contributed by atoms with van der Waals surface area (Å²) in [4.78, 5) is 3.45. The molecule has 0 amide bonds. The molecule has 1 aliphatic heterocycles. The maximum absolute atomic E-state index is 7.08. The van der Waals surface area contributed by atoms with Crippen molar-refractivity contribution in [1.82, 2.24) is 4.67 Å². The van der Waals surface area contributed by atoms with Gasteiger partial charge in [0.15, 0.2) is 0 Å². The van der Waals surface area contributed by atoms with E-state index in [1.165, 1.54) is 20.2 Å². The summed E-state index contributed by atoms with van der Waals surface area (Å²) < 4.78 is 33.1. The van der Waals surface area contributed by atoms with Gasteiger partial charge in [0.25, 0.3) is 0 Å². The molecule has 0 aromatic rings. The molecule has 0 bridgehead atoms. The minimum absolute atomic E-state index is 0.0306. The number of hydrogen-bond acceptors (Lipinski definition) is 5. The Morgan fingerprint density at radius 3 is 2.42 bits per heavy atom. The second-order valence-electron chi connectivity index (χ2n) is 7.73. The molecule has 1 aliphatic rings. The Hall–Kier alpha value is -0.655. The molecule has 1 fully saturated rings. The van der Waals surface area contributed by atoms with E-state index >= 15 is 0 Å². The van der Waals surface area contributed by atoms with Gasteiger partial charge in [-0.1, -0.05) is 40.0 Å². The van der Waals surface area contributed by atoms with Crippen molar-refractivity contribution in [3.05, 3.63) is 11.4 Å². The van der Waals surface area contributed by atoms with Crippen molar-refractivity contribution in [3.8, 4) is 12.3 Å². The predicted molar refractivity (Wildman–Crippen MR) is 132 cm³/mol. The van der Waals surface area contributed by atoms with Crippen molar-refractivity contribution >= 4 is 16.1 Å².